The van der Waals surface area contributed by atoms with Crippen LogP contribution in [0.3, 0.4) is 0 Å². The van der Waals surface area contributed by atoms with Gasteiger partial charge in [-0.3, -0.25) is 4.99 Å². The van der Waals surface area contributed by atoms with E-state index in [4.69, 9.17) is 5.73 Å². The molecule has 1 rings (SSSR count). The van der Waals surface area contributed by atoms with Crippen LogP contribution in [0.15, 0.2) is 27.7 Å². The maximum atomic E-state index is 12.9. The first-order valence-electron chi connectivity index (χ1n) is 4.54. The molecule has 3 nitrogen and oxygen atoms in total. The summed E-state index contributed by atoms with van der Waals surface area (Å²) in [5, 5.41) is 2.82. The van der Waals surface area contributed by atoms with Gasteiger partial charge in [-0.1, -0.05) is 0 Å². The standard InChI is InChI=1S/C10H13BrFN3/c1-6(2)14-10(13)15-9-5-7(12)3-4-8(9)11/h3-6H,1-2H3,(H3,13,14,15). The van der Waals surface area contributed by atoms with Gasteiger partial charge >= 0.3 is 0 Å². The number of guanidine groups is 1. The highest BCUT2D eigenvalue weighted by molar-refractivity contribution is 9.10. The quantitative estimate of drug-likeness (QED) is 0.643. The van der Waals surface area contributed by atoms with E-state index in [1.54, 1.807) is 6.07 Å². The summed E-state index contributed by atoms with van der Waals surface area (Å²) in [6.45, 7) is 3.82. The number of anilines is 1. The topological polar surface area (TPSA) is 50.4 Å². The predicted octanol–water partition coefficient (Wildman–Crippen LogP) is 2.72. The lowest BCUT2D eigenvalue weighted by atomic mass is 10.3. The van der Waals surface area contributed by atoms with Crippen molar-refractivity contribution in [3.63, 3.8) is 0 Å². The molecule has 1 aromatic rings. The molecular formula is C10H13BrFN3. The van der Waals surface area contributed by atoms with Crippen molar-refractivity contribution in [1.82, 2.24) is 0 Å². The molecule has 0 bridgehead atoms. The lowest BCUT2D eigenvalue weighted by molar-refractivity contribution is 0.628. The Hall–Kier alpha value is -1.10. The maximum Gasteiger partial charge on any atom is 0.193 e. The number of aliphatic imine (C=N–C) groups is 1. The van der Waals surface area contributed by atoms with Gasteiger partial charge < -0.3 is 11.1 Å². The van der Waals surface area contributed by atoms with Crippen LogP contribution < -0.4 is 11.1 Å². The molecular weight excluding hydrogens is 261 g/mol. The Morgan fingerprint density at radius 3 is 2.80 bits per heavy atom. The summed E-state index contributed by atoms with van der Waals surface area (Å²) in [4.78, 5) is 4.08. The van der Waals surface area contributed by atoms with Gasteiger partial charge in [0.25, 0.3) is 0 Å². The van der Waals surface area contributed by atoms with Crippen molar-refractivity contribution >= 4 is 27.6 Å². The van der Waals surface area contributed by atoms with Gasteiger partial charge in [-0.25, -0.2) is 4.39 Å². The molecule has 82 valence electrons. The molecule has 0 unspecified atom stereocenters. The minimum Gasteiger partial charge on any atom is -0.370 e. The third-order valence-corrected chi connectivity index (χ3v) is 2.28. The van der Waals surface area contributed by atoms with Crippen LogP contribution in [-0.2, 0) is 0 Å². The molecule has 0 radical (unpaired) electrons. The maximum absolute atomic E-state index is 12.9. The average Bonchev–Trinajstić information content (AvgIpc) is 2.10. The van der Waals surface area contributed by atoms with Crippen molar-refractivity contribution in [3.8, 4) is 0 Å². The van der Waals surface area contributed by atoms with Gasteiger partial charge in [0.05, 0.1) is 5.69 Å². The minimum absolute atomic E-state index is 0.102. The first-order chi connectivity index (χ1) is 6.99. The van der Waals surface area contributed by atoms with E-state index < -0.39 is 0 Å². The Bertz CT molecular complexity index is 377. The summed E-state index contributed by atoms with van der Waals surface area (Å²) in [5.74, 6) is -0.0469. The smallest absolute Gasteiger partial charge is 0.193 e. The Kier molecular flexibility index (Phi) is 4.08. The summed E-state index contributed by atoms with van der Waals surface area (Å²) < 4.78 is 13.7. The Morgan fingerprint density at radius 2 is 2.20 bits per heavy atom. The third-order valence-electron chi connectivity index (χ3n) is 1.59. The zero-order valence-corrected chi connectivity index (χ0v) is 10.2. The number of hydrogen-bond acceptors (Lipinski definition) is 1. The molecule has 3 N–H and O–H groups in total. The van der Waals surface area contributed by atoms with Crippen LogP contribution in [0.1, 0.15) is 13.8 Å². The van der Waals surface area contributed by atoms with Crippen LogP contribution in [0.2, 0.25) is 0 Å². The van der Waals surface area contributed by atoms with Gasteiger partial charge in [0, 0.05) is 10.5 Å². The summed E-state index contributed by atoms with van der Waals surface area (Å²) in [7, 11) is 0. The second-order valence-electron chi connectivity index (χ2n) is 3.36. The van der Waals surface area contributed by atoms with Crippen LogP contribution in [-0.4, -0.2) is 12.0 Å². The molecule has 0 spiro atoms. The fourth-order valence-electron chi connectivity index (χ4n) is 1.04. The summed E-state index contributed by atoms with van der Waals surface area (Å²) in [6.07, 6.45) is 0. The molecule has 0 saturated carbocycles. The van der Waals surface area contributed by atoms with E-state index in [0.717, 1.165) is 4.47 Å². The van der Waals surface area contributed by atoms with Crippen molar-refractivity contribution < 1.29 is 4.39 Å². The van der Waals surface area contributed by atoms with E-state index in [-0.39, 0.29) is 17.8 Å². The van der Waals surface area contributed by atoms with Crippen molar-refractivity contribution in [1.29, 1.82) is 0 Å². The van der Waals surface area contributed by atoms with E-state index in [1.165, 1.54) is 12.1 Å². The number of halogens is 2. The third kappa shape index (κ3) is 3.87. The van der Waals surface area contributed by atoms with Crippen LogP contribution in [0.25, 0.3) is 0 Å². The highest BCUT2D eigenvalue weighted by Gasteiger charge is 2.02. The highest BCUT2D eigenvalue weighted by atomic mass is 79.9. The van der Waals surface area contributed by atoms with Crippen molar-refractivity contribution in [2.24, 2.45) is 10.7 Å². The molecule has 1 aromatic carbocycles. The lowest BCUT2D eigenvalue weighted by Crippen LogP contribution is -2.24. The molecule has 0 amide bonds. The van der Waals surface area contributed by atoms with E-state index in [1.807, 2.05) is 13.8 Å². The molecule has 0 aromatic heterocycles. The van der Waals surface area contributed by atoms with Crippen molar-refractivity contribution in [2.45, 2.75) is 19.9 Å². The van der Waals surface area contributed by atoms with E-state index in [0.29, 0.717) is 5.69 Å². The minimum atomic E-state index is -0.321. The van der Waals surface area contributed by atoms with Gasteiger partial charge in [-0.15, -0.1) is 0 Å². The van der Waals surface area contributed by atoms with Crippen LogP contribution in [0, 0.1) is 5.82 Å². The molecule has 0 fully saturated rings. The highest BCUT2D eigenvalue weighted by Crippen LogP contribution is 2.22. The summed E-state index contributed by atoms with van der Waals surface area (Å²) >= 11 is 3.29. The molecule has 0 heterocycles. The lowest BCUT2D eigenvalue weighted by Gasteiger charge is -2.08. The van der Waals surface area contributed by atoms with Gasteiger partial charge in [0.2, 0.25) is 0 Å². The van der Waals surface area contributed by atoms with Crippen LogP contribution >= 0.6 is 15.9 Å². The number of benzene rings is 1. The fourth-order valence-corrected chi connectivity index (χ4v) is 1.39. The fraction of sp³-hybridized carbons (Fsp3) is 0.300. The zero-order valence-electron chi connectivity index (χ0n) is 8.59. The predicted molar refractivity (Wildman–Crippen MR) is 64.5 cm³/mol. The molecule has 0 atom stereocenters. The molecule has 5 heteroatoms. The number of nitrogens with two attached hydrogens (primary N) is 1. The number of hydrogen-bond donors (Lipinski definition) is 2. The molecule has 15 heavy (non-hydrogen) atoms. The second-order valence-corrected chi connectivity index (χ2v) is 4.21. The number of rotatable bonds is 2. The van der Waals surface area contributed by atoms with Crippen molar-refractivity contribution in [2.75, 3.05) is 5.32 Å². The summed E-state index contributed by atoms with van der Waals surface area (Å²) in [6, 6.07) is 4.43. The summed E-state index contributed by atoms with van der Waals surface area (Å²) in [5.41, 5.74) is 6.19. The Balaban J connectivity index is 2.85. The van der Waals surface area contributed by atoms with Gasteiger partial charge in [0.1, 0.15) is 5.82 Å². The first kappa shape index (κ1) is 12.0. The molecule has 0 aliphatic heterocycles. The average molecular weight is 274 g/mol. The first-order valence-corrected chi connectivity index (χ1v) is 5.33. The number of nitrogens with one attached hydrogen (secondary N) is 1. The number of nitrogens with zero attached hydrogens (tertiary/aromatic N) is 1. The van der Waals surface area contributed by atoms with Crippen LogP contribution in [0.5, 0.6) is 0 Å². The molecule has 0 aliphatic carbocycles. The van der Waals surface area contributed by atoms with Crippen LogP contribution in [0.4, 0.5) is 10.1 Å². The molecule has 0 aliphatic rings. The largest absolute Gasteiger partial charge is 0.370 e. The van der Waals surface area contributed by atoms with E-state index >= 15 is 0 Å². The zero-order chi connectivity index (χ0) is 11.4. The SMILES string of the molecule is CC(C)N=C(N)Nc1cc(F)ccc1Br. The van der Waals surface area contributed by atoms with Gasteiger partial charge in [-0.2, -0.15) is 0 Å². The normalized spacial score (nSPS) is 11.9. The van der Waals surface area contributed by atoms with Crippen molar-refractivity contribution in [3.05, 3.63) is 28.5 Å². The van der Waals surface area contributed by atoms with Gasteiger partial charge in [-0.05, 0) is 48.0 Å². The van der Waals surface area contributed by atoms with E-state index in [2.05, 4.69) is 26.2 Å². The van der Waals surface area contributed by atoms with E-state index in [9.17, 15) is 4.39 Å². The second kappa shape index (κ2) is 5.11. The Morgan fingerprint density at radius 1 is 1.53 bits per heavy atom. The molecule has 0 saturated heterocycles. The Labute approximate surface area is 96.7 Å². The monoisotopic (exact) mass is 273 g/mol. The van der Waals surface area contributed by atoms with Gasteiger partial charge in [0.15, 0.2) is 5.96 Å².